The van der Waals surface area contributed by atoms with E-state index in [1.165, 1.54) is 16.7 Å². The molecule has 1 atom stereocenters. The summed E-state index contributed by atoms with van der Waals surface area (Å²) < 4.78 is 5.52. The molecule has 2 N–H and O–H groups in total. The van der Waals surface area contributed by atoms with Crippen molar-refractivity contribution in [3.63, 3.8) is 0 Å². The first-order valence-electron chi connectivity index (χ1n) is 7.29. The van der Waals surface area contributed by atoms with Gasteiger partial charge in [-0.15, -0.1) is 0 Å². The normalized spacial score (nSPS) is 12.2. The molecule has 2 heteroatoms. The van der Waals surface area contributed by atoms with Crippen LogP contribution in [0.2, 0.25) is 0 Å². The lowest BCUT2D eigenvalue weighted by molar-refractivity contribution is 0.340. The van der Waals surface area contributed by atoms with Crippen molar-refractivity contribution in [3.8, 4) is 5.75 Å². The van der Waals surface area contributed by atoms with Crippen molar-refractivity contribution in [1.29, 1.82) is 0 Å². The molecule has 0 spiro atoms. The fourth-order valence-electron chi connectivity index (χ4n) is 2.30. The number of rotatable bonds is 6. The lowest BCUT2D eigenvalue weighted by Crippen LogP contribution is -2.13. The standard InChI is InChI=1S/C18H23NO/c1-3-14-8-10-16(11-9-14)18(19)13-15-6-5-7-17(12-15)20-4-2/h5-12,18H,3-4,13,19H2,1-2H3. The van der Waals surface area contributed by atoms with Crippen LogP contribution in [0.1, 0.15) is 36.6 Å². The van der Waals surface area contributed by atoms with E-state index >= 15 is 0 Å². The number of aryl methyl sites for hydroxylation is 1. The van der Waals surface area contributed by atoms with Gasteiger partial charge in [0.25, 0.3) is 0 Å². The average Bonchev–Trinajstić information content (AvgIpc) is 2.48. The largest absolute Gasteiger partial charge is 0.494 e. The molecule has 2 aromatic rings. The van der Waals surface area contributed by atoms with E-state index in [9.17, 15) is 0 Å². The third-order valence-corrected chi connectivity index (χ3v) is 3.48. The molecular weight excluding hydrogens is 246 g/mol. The first-order chi connectivity index (χ1) is 9.72. The molecule has 0 heterocycles. The molecule has 0 aliphatic heterocycles. The zero-order valence-electron chi connectivity index (χ0n) is 12.3. The summed E-state index contributed by atoms with van der Waals surface area (Å²) >= 11 is 0. The van der Waals surface area contributed by atoms with Gasteiger partial charge in [-0.1, -0.05) is 43.3 Å². The van der Waals surface area contributed by atoms with Crippen molar-refractivity contribution in [2.75, 3.05) is 6.61 Å². The lowest BCUT2D eigenvalue weighted by atomic mass is 9.98. The Hall–Kier alpha value is -1.80. The molecule has 0 saturated heterocycles. The zero-order valence-corrected chi connectivity index (χ0v) is 12.3. The molecule has 0 aliphatic carbocycles. The van der Waals surface area contributed by atoms with Gasteiger partial charge in [0.15, 0.2) is 0 Å². The van der Waals surface area contributed by atoms with E-state index in [1.807, 2.05) is 19.1 Å². The molecule has 20 heavy (non-hydrogen) atoms. The van der Waals surface area contributed by atoms with E-state index in [1.54, 1.807) is 0 Å². The van der Waals surface area contributed by atoms with Crippen LogP contribution in [-0.4, -0.2) is 6.61 Å². The Morgan fingerprint density at radius 1 is 1.00 bits per heavy atom. The van der Waals surface area contributed by atoms with Crippen LogP contribution in [0.25, 0.3) is 0 Å². The molecule has 2 nitrogen and oxygen atoms in total. The van der Waals surface area contributed by atoms with Crippen LogP contribution < -0.4 is 10.5 Å². The summed E-state index contributed by atoms with van der Waals surface area (Å²) in [5, 5.41) is 0. The SMILES string of the molecule is CCOc1cccc(CC(N)c2ccc(CC)cc2)c1. The topological polar surface area (TPSA) is 35.2 Å². The summed E-state index contributed by atoms with van der Waals surface area (Å²) in [5.74, 6) is 0.915. The number of hydrogen-bond acceptors (Lipinski definition) is 2. The minimum Gasteiger partial charge on any atom is -0.494 e. The Morgan fingerprint density at radius 2 is 1.75 bits per heavy atom. The minimum atomic E-state index is 0.0257. The first-order valence-corrected chi connectivity index (χ1v) is 7.29. The summed E-state index contributed by atoms with van der Waals surface area (Å²) in [4.78, 5) is 0. The molecule has 106 valence electrons. The van der Waals surface area contributed by atoms with Crippen molar-refractivity contribution in [2.45, 2.75) is 32.7 Å². The van der Waals surface area contributed by atoms with Gasteiger partial charge >= 0.3 is 0 Å². The van der Waals surface area contributed by atoms with E-state index in [0.29, 0.717) is 6.61 Å². The smallest absolute Gasteiger partial charge is 0.119 e. The van der Waals surface area contributed by atoms with Gasteiger partial charge in [0.1, 0.15) is 5.75 Å². The molecule has 2 aromatic carbocycles. The molecule has 0 saturated carbocycles. The van der Waals surface area contributed by atoms with Crippen molar-refractivity contribution in [1.82, 2.24) is 0 Å². The molecule has 0 fully saturated rings. The van der Waals surface area contributed by atoms with E-state index in [-0.39, 0.29) is 6.04 Å². The quantitative estimate of drug-likeness (QED) is 0.863. The summed E-state index contributed by atoms with van der Waals surface area (Å²) in [6.07, 6.45) is 1.89. The Balaban J connectivity index is 2.06. The maximum atomic E-state index is 6.30. The molecule has 0 aromatic heterocycles. The molecular formula is C18H23NO. The van der Waals surface area contributed by atoms with Crippen molar-refractivity contribution in [3.05, 3.63) is 65.2 Å². The van der Waals surface area contributed by atoms with Crippen molar-refractivity contribution < 1.29 is 4.74 Å². The summed E-state index contributed by atoms with van der Waals surface area (Å²) in [6.45, 7) is 4.84. The van der Waals surface area contributed by atoms with Gasteiger partial charge in [0.2, 0.25) is 0 Å². The Kier molecular flexibility index (Phi) is 5.19. The highest BCUT2D eigenvalue weighted by Gasteiger charge is 2.07. The zero-order chi connectivity index (χ0) is 14.4. The number of ether oxygens (including phenoxy) is 1. The predicted molar refractivity (Wildman–Crippen MR) is 84.1 cm³/mol. The van der Waals surface area contributed by atoms with Crippen LogP contribution in [0, 0.1) is 0 Å². The summed E-state index contributed by atoms with van der Waals surface area (Å²) in [6, 6.07) is 16.8. The van der Waals surface area contributed by atoms with Gasteiger partial charge in [-0.3, -0.25) is 0 Å². The minimum absolute atomic E-state index is 0.0257. The Bertz CT molecular complexity index is 533. The van der Waals surface area contributed by atoms with Gasteiger partial charge in [0.05, 0.1) is 6.61 Å². The second-order valence-electron chi connectivity index (χ2n) is 4.99. The van der Waals surface area contributed by atoms with Crippen LogP contribution in [0.15, 0.2) is 48.5 Å². The fourth-order valence-corrected chi connectivity index (χ4v) is 2.30. The van der Waals surface area contributed by atoms with Gasteiger partial charge in [-0.05, 0) is 48.6 Å². The van der Waals surface area contributed by atoms with Crippen molar-refractivity contribution in [2.24, 2.45) is 5.73 Å². The fraction of sp³-hybridized carbons (Fsp3) is 0.333. The number of nitrogens with two attached hydrogens (primary N) is 1. The highest BCUT2D eigenvalue weighted by molar-refractivity contribution is 5.31. The maximum Gasteiger partial charge on any atom is 0.119 e. The number of benzene rings is 2. The van der Waals surface area contributed by atoms with E-state index in [2.05, 4.69) is 43.3 Å². The van der Waals surface area contributed by atoms with Gasteiger partial charge in [0, 0.05) is 6.04 Å². The highest BCUT2D eigenvalue weighted by Crippen LogP contribution is 2.20. The van der Waals surface area contributed by atoms with Gasteiger partial charge in [-0.2, -0.15) is 0 Å². The van der Waals surface area contributed by atoms with E-state index < -0.39 is 0 Å². The molecule has 1 unspecified atom stereocenters. The molecule has 0 bridgehead atoms. The second kappa shape index (κ2) is 7.11. The van der Waals surface area contributed by atoms with Crippen LogP contribution in [0.5, 0.6) is 5.75 Å². The second-order valence-corrected chi connectivity index (χ2v) is 4.99. The molecule has 0 radical (unpaired) electrons. The third-order valence-electron chi connectivity index (χ3n) is 3.48. The first kappa shape index (κ1) is 14.6. The third kappa shape index (κ3) is 3.84. The van der Waals surface area contributed by atoms with Crippen LogP contribution in [0.4, 0.5) is 0 Å². The number of hydrogen-bond donors (Lipinski definition) is 1. The van der Waals surface area contributed by atoms with Gasteiger partial charge < -0.3 is 10.5 Å². The van der Waals surface area contributed by atoms with Crippen LogP contribution >= 0.6 is 0 Å². The highest BCUT2D eigenvalue weighted by atomic mass is 16.5. The van der Waals surface area contributed by atoms with Crippen LogP contribution in [0.3, 0.4) is 0 Å². The van der Waals surface area contributed by atoms with Crippen molar-refractivity contribution >= 4 is 0 Å². The Labute approximate surface area is 121 Å². The predicted octanol–water partition coefficient (Wildman–Crippen LogP) is 3.89. The summed E-state index contributed by atoms with van der Waals surface area (Å²) in [5.41, 5.74) is 10.0. The van der Waals surface area contributed by atoms with E-state index in [0.717, 1.165) is 18.6 Å². The lowest BCUT2D eigenvalue weighted by Gasteiger charge is -2.13. The maximum absolute atomic E-state index is 6.30. The van der Waals surface area contributed by atoms with E-state index in [4.69, 9.17) is 10.5 Å². The molecule has 0 amide bonds. The average molecular weight is 269 g/mol. The van der Waals surface area contributed by atoms with Crippen LogP contribution in [-0.2, 0) is 12.8 Å². The summed E-state index contributed by atoms with van der Waals surface area (Å²) in [7, 11) is 0. The Morgan fingerprint density at radius 3 is 2.40 bits per heavy atom. The monoisotopic (exact) mass is 269 g/mol. The molecule has 2 rings (SSSR count). The van der Waals surface area contributed by atoms with Gasteiger partial charge in [-0.25, -0.2) is 0 Å². The molecule has 0 aliphatic rings.